The molecule has 0 heterocycles. The number of hydrogen-bond donors (Lipinski definition) is 1. The molecule has 0 fully saturated rings. The molecular formula is C14H13ClN2O. The number of amides is 1. The number of nitrogens with zero attached hydrogens (tertiary/aromatic N) is 1. The molecule has 2 aromatic carbocycles. The van der Waals surface area contributed by atoms with Gasteiger partial charge in [-0.3, -0.25) is 4.79 Å². The lowest BCUT2D eigenvalue weighted by Gasteiger charge is -2.17. The number of hydrogen-bond acceptors (Lipinski definition) is 2. The Balaban J connectivity index is 2.31. The molecule has 0 aliphatic carbocycles. The number of anilines is 3. The Morgan fingerprint density at radius 1 is 1.06 bits per heavy atom. The summed E-state index contributed by atoms with van der Waals surface area (Å²) in [5.74, 6) is -0.223. The van der Waals surface area contributed by atoms with Crippen LogP contribution in [0.1, 0.15) is 6.92 Å². The highest BCUT2D eigenvalue weighted by atomic mass is 35.5. The smallest absolute Gasteiger partial charge is 0.238 e. The molecule has 4 heteroatoms. The summed E-state index contributed by atoms with van der Waals surface area (Å²) in [6, 6.07) is 17.1. The molecule has 2 rings (SSSR count). The van der Waals surface area contributed by atoms with Crippen LogP contribution in [-0.2, 0) is 4.79 Å². The highest BCUT2D eigenvalue weighted by Gasteiger charge is 2.12. The summed E-state index contributed by atoms with van der Waals surface area (Å²) in [7, 11) is 0. The van der Waals surface area contributed by atoms with Gasteiger partial charge in [0.1, 0.15) is 0 Å². The molecular weight excluding hydrogens is 248 g/mol. The number of para-hydroxylation sites is 3. The predicted molar refractivity (Wildman–Crippen MR) is 75.2 cm³/mol. The maximum Gasteiger partial charge on any atom is 0.238 e. The molecule has 92 valence electrons. The zero-order valence-electron chi connectivity index (χ0n) is 9.93. The molecule has 0 saturated heterocycles. The van der Waals surface area contributed by atoms with E-state index in [1.807, 2.05) is 48.5 Å². The van der Waals surface area contributed by atoms with E-state index in [1.165, 1.54) is 6.92 Å². The molecule has 0 saturated carbocycles. The second kappa shape index (κ2) is 5.56. The van der Waals surface area contributed by atoms with Gasteiger partial charge in [0.05, 0.1) is 11.4 Å². The summed E-state index contributed by atoms with van der Waals surface area (Å²) in [5.41, 5.74) is 2.36. The molecule has 0 atom stereocenters. The second-order valence-electron chi connectivity index (χ2n) is 3.81. The fraction of sp³-hybridized carbons (Fsp3) is 0.0714. The number of carbonyl (C=O) groups is 1. The van der Waals surface area contributed by atoms with E-state index in [0.29, 0.717) is 5.69 Å². The quantitative estimate of drug-likeness (QED) is 0.848. The van der Waals surface area contributed by atoms with Crippen molar-refractivity contribution in [2.45, 2.75) is 6.92 Å². The molecule has 0 unspecified atom stereocenters. The van der Waals surface area contributed by atoms with Gasteiger partial charge in [-0.05, 0) is 24.3 Å². The van der Waals surface area contributed by atoms with E-state index in [4.69, 9.17) is 11.8 Å². The van der Waals surface area contributed by atoms with Gasteiger partial charge in [-0.1, -0.05) is 30.3 Å². The maximum atomic E-state index is 11.3. The fourth-order valence-corrected chi connectivity index (χ4v) is 1.74. The molecule has 3 nitrogen and oxygen atoms in total. The summed E-state index contributed by atoms with van der Waals surface area (Å²) in [6.45, 7) is 1.42. The molecule has 0 aliphatic heterocycles. The summed E-state index contributed by atoms with van der Waals surface area (Å²) in [5, 5.41) is 3.23. The van der Waals surface area contributed by atoms with Crippen LogP contribution in [0.4, 0.5) is 17.1 Å². The van der Waals surface area contributed by atoms with Crippen LogP contribution in [0, 0.1) is 0 Å². The van der Waals surface area contributed by atoms with E-state index < -0.39 is 0 Å². The summed E-state index contributed by atoms with van der Waals surface area (Å²) in [6.07, 6.45) is 0. The minimum atomic E-state index is -0.223. The van der Waals surface area contributed by atoms with E-state index in [1.54, 1.807) is 6.07 Å². The number of halogens is 1. The number of nitrogens with one attached hydrogen (secondary N) is 1. The standard InChI is InChI=1S/C14H13ClN2O/c1-11(18)17(15)14-10-6-5-9-13(14)16-12-7-3-2-4-8-12/h2-10,16H,1H3. The van der Waals surface area contributed by atoms with Crippen molar-refractivity contribution in [1.29, 1.82) is 0 Å². The van der Waals surface area contributed by atoms with Crippen LogP contribution in [-0.4, -0.2) is 5.91 Å². The number of rotatable bonds is 3. The SMILES string of the molecule is CC(=O)N(Cl)c1ccccc1Nc1ccccc1. The molecule has 2 aromatic rings. The Labute approximate surface area is 111 Å². The van der Waals surface area contributed by atoms with E-state index >= 15 is 0 Å². The van der Waals surface area contributed by atoms with Crippen LogP contribution < -0.4 is 9.74 Å². The summed E-state index contributed by atoms with van der Waals surface area (Å²) >= 11 is 5.96. The maximum absolute atomic E-state index is 11.3. The summed E-state index contributed by atoms with van der Waals surface area (Å²) in [4.78, 5) is 11.3. The largest absolute Gasteiger partial charge is 0.354 e. The Morgan fingerprint density at radius 3 is 2.33 bits per heavy atom. The average molecular weight is 261 g/mol. The summed E-state index contributed by atoms with van der Waals surface area (Å²) < 4.78 is 1.10. The van der Waals surface area contributed by atoms with Gasteiger partial charge in [0.25, 0.3) is 0 Å². The normalized spacial score (nSPS) is 9.89. The Bertz CT molecular complexity index is 543. The molecule has 0 aliphatic rings. The minimum absolute atomic E-state index is 0.223. The molecule has 0 aromatic heterocycles. The first-order chi connectivity index (χ1) is 8.68. The van der Waals surface area contributed by atoms with Crippen molar-refractivity contribution < 1.29 is 4.79 Å². The van der Waals surface area contributed by atoms with Crippen molar-refractivity contribution in [2.24, 2.45) is 0 Å². The van der Waals surface area contributed by atoms with Gasteiger partial charge in [0.2, 0.25) is 5.91 Å². The van der Waals surface area contributed by atoms with Crippen LogP contribution in [0.15, 0.2) is 54.6 Å². The van der Waals surface area contributed by atoms with Gasteiger partial charge in [0, 0.05) is 24.4 Å². The first kappa shape index (κ1) is 12.5. The van der Waals surface area contributed by atoms with Gasteiger partial charge in [-0.25, -0.2) is 4.42 Å². The van der Waals surface area contributed by atoms with Crippen molar-refractivity contribution in [3.05, 3.63) is 54.6 Å². The van der Waals surface area contributed by atoms with Gasteiger partial charge in [0.15, 0.2) is 0 Å². The molecule has 1 amide bonds. The first-order valence-corrected chi connectivity index (χ1v) is 5.90. The van der Waals surface area contributed by atoms with Crippen LogP contribution in [0.3, 0.4) is 0 Å². The van der Waals surface area contributed by atoms with Gasteiger partial charge < -0.3 is 5.32 Å². The third kappa shape index (κ3) is 2.81. The predicted octanol–water partition coefficient (Wildman–Crippen LogP) is 3.94. The Hall–Kier alpha value is -2.00. The van der Waals surface area contributed by atoms with Crippen LogP contribution in [0.5, 0.6) is 0 Å². The Kier molecular flexibility index (Phi) is 3.85. The van der Waals surface area contributed by atoms with Gasteiger partial charge >= 0.3 is 0 Å². The van der Waals surface area contributed by atoms with Crippen LogP contribution >= 0.6 is 11.8 Å². The van der Waals surface area contributed by atoms with Gasteiger partial charge in [-0.15, -0.1) is 0 Å². The highest BCUT2D eigenvalue weighted by molar-refractivity contribution is 6.37. The molecule has 18 heavy (non-hydrogen) atoms. The number of carbonyl (C=O) groups excluding carboxylic acids is 1. The highest BCUT2D eigenvalue weighted by Crippen LogP contribution is 2.29. The van der Waals surface area contributed by atoms with Crippen molar-refractivity contribution in [3.8, 4) is 0 Å². The third-order valence-corrected chi connectivity index (χ3v) is 2.86. The van der Waals surface area contributed by atoms with Gasteiger partial charge in [-0.2, -0.15) is 0 Å². The lowest BCUT2D eigenvalue weighted by molar-refractivity contribution is -0.115. The fourth-order valence-electron chi connectivity index (χ4n) is 1.60. The van der Waals surface area contributed by atoms with E-state index in [9.17, 15) is 4.79 Å². The van der Waals surface area contributed by atoms with Crippen LogP contribution in [0.2, 0.25) is 0 Å². The third-order valence-electron chi connectivity index (χ3n) is 2.44. The zero-order chi connectivity index (χ0) is 13.0. The van der Waals surface area contributed by atoms with Crippen molar-refractivity contribution in [1.82, 2.24) is 0 Å². The lowest BCUT2D eigenvalue weighted by atomic mass is 10.2. The molecule has 1 N–H and O–H groups in total. The topological polar surface area (TPSA) is 32.3 Å². The van der Waals surface area contributed by atoms with Crippen molar-refractivity contribution in [2.75, 3.05) is 9.74 Å². The molecule has 0 bridgehead atoms. The minimum Gasteiger partial charge on any atom is -0.354 e. The molecule has 0 radical (unpaired) electrons. The van der Waals surface area contributed by atoms with Crippen molar-refractivity contribution in [3.63, 3.8) is 0 Å². The van der Waals surface area contributed by atoms with Crippen LogP contribution in [0.25, 0.3) is 0 Å². The first-order valence-electron chi connectivity index (χ1n) is 5.56. The molecule has 0 spiro atoms. The van der Waals surface area contributed by atoms with E-state index in [-0.39, 0.29) is 5.91 Å². The monoisotopic (exact) mass is 260 g/mol. The second-order valence-corrected chi connectivity index (χ2v) is 4.15. The van der Waals surface area contributed by atoms with E-state index in [0.717, 1.165) is 15.8 Å². The average Bonchev–Trinajstić information content (AvgIpc) is 2.39. The lowest BCUT2D eigenvalue weighted by Crippen LogP contribution is -2.17. The zero-order valence-corrected chi connectivity index (χ0v) is 10.7. The van der Waals surface area contributed by atoms with E-state index in [2.05, 4.69) is 5.32 Å². The Morgan fingerprint density at radius 2 is 1.67 bits per heavy atom. The van der Waals surface area contributed by atoms with Crippen molar-refractivity contribution >= 4 is 34.7 Å². The number of benzene rings is 2.